The SMILES string of the molecule is COc1cc(CN(C)c2nc(C(F)(F)F)cs2)cc(OC)c1. The molecule has 0 bridgehead atoms. The minimum atomic E-state index is -4.42. The standard InChI is InChI=1S/C14H15F3N2O2S/c1-19(13-18-12(8-22-13)14(15,16)17)7-9-4-10(20-2)6-11(5-9)21-3/h4-6,8H,7H2,1-3H3. The fraction of sp³-hybridized carbons (Fsp3) is 0.357. The van der Waals surface area contributed by atoms with Crippen molar-refractivity contribution in [3.63, 3.8) is 0 Å². The zero-order chi connectivity index (χ0) is 16.3. The summed E-state index contributed by atoms with van der Waals surface area (Å²) in [5, 5.41) is 1.31. The van der Waals surface area contributed by atoms with Gasteiger partial charge in [0.15, 0.2) is 10.8 Å². The summed E-state index contributed by atoms with van der Waals surface area (Å²) in [6.45, 7) is 0.387. The van der Waals surface area contributed by atoms with Gasteiger partial charge in [-0.3, -0.25) is 0 Å². The molecule has 0 aliphatic heterocycles. The molecule has 0 amide bonds. The van der Waals surface area contributed by atoms with Crippen LogP contribution in [0.15, 0.2) is 23.6 Å². The molecular weight excluding hydrogens is 317 g/mol. The molecular formula is C14H15F3N2O2S. The van der Waals surface area contributed by atoms with E-state index in [1.807, 2.05) is 0 Å². The van der Waals surface area contributed by atoms with Gasteiger partial charge in [0.25, 0.3) is 0 Å². The van der Waals surface area contributed by atoms with Gasteiger partial charge in [-0.25, -0.2) is 4.98 Å². The zero-order valence-corrected chi connectivity index (χ0v) is 13.1. The number of anilines is 1. The lowest BCUT2D eigenvalue weighted by Crippen LogP contribution is -2.17. The molecule has 2 rings (SSSR count). The van der Waals surface area contributed by atoms with Crippen LogP contribution in [0, 0.1) is 0 Å². The molecule has 0 aliphatic carbocycles. The Labute approximate surface area is 130 Å². The quantitative estimate of drug-likeness (QED) is 0.834. The summed E-state index contributed by atoms with van der Waals surface area (Å²) in [6.07, 6.45) is -4.42. The molecule has 0 atom stereocenters. The Bertz CT molecular complexity index is 621. The van der Waals surface area contributed by atoms with Crippen molar-refractivity contribution in [2.45, 2.75) is 12.7 Å². The van der Waals surface area contributed by atoms with Crippen LogP contribution in [0.3, 0.4) is 0 Å². The first-order chi connectivity index (χ1) is 10.3. The van der Waals surface area contributed by atoms with Crippen molar-refractivity contribution in [3.05, 3.63) is 34.8 Å². The van der Waals surface area contributed by atoms with E-state index in [0.29, 0.717) is 23.2 Å². The lowest BCUT2D eigenvalue weighted by molar-refractivity contribution is -0.140. The molecule has 120 valence electrons. The molecule has 0 unspecified atom stereocenters. The Kier molecular flexibility index (Phi) is 4.80. The van der Waals surface area contributed by atoms with E-state index in [9.17, 15) is 13.2 Å². The lowest BCUT2D eigenvalue weighted by Gasteiger charge is -2.17. The molecule has 0 aliphatic rings. The summed E-state index contributed by atoms with van der Waals surface area (Å²) in [5.41, 5.74) is -0.0231. The van der Waals surface area contributed by atoms with Gasteiger partial charge < -0.3 is 14.4 Å². The first-order valence-electron chi connectivity index (χ1n) is 6.29. The van der Waals surface area contributed by atoms with Gasteiger partial charge in [0.1, 0.15) is 11.5 Å². The Morgan fingerprint density at radius 3 is 2.18 bits per heavy atom. The summed E-state index contributed by atoms with van der Waals surface area (Å²) >= 11 is 0.956. The van der Waals surface area contributed by atoms with E-state index >= 15 is 0 Å². The molecule has 0 saturated carbocycles. The normalized spacial score (nSPS) is 11.4. The van der Waals surface area contributed by atoms with Crippen LogP contribution in [-0.2, 0) is 12.7 Å². The monoisotopic (exact) mass is 332 g/mol. The largest absolute Gasteiger partial charge is 0.497 e. The summed E-state index contributed by atoms with van der Waals surface area (Å²) in [6, 6.07) is 5.34. The van der Waals surface area contributed by atoms with E-state index in [1.165, 1.54) is 0 Å². The summed E-state index contributed by atoms with van der Waals surface area (Å²) in [7, 11) is 4.77. The summed E-state index contributed by atoms with van der Waals surface area (Å²) < 4.78 is 48.1. The fourth-order valence-corrected chi connectivity index (χ4v) is 2.67. The second-order valence-electron chi connectivity index (χ2n) is 4.59. The lowest BCUT2D eigenvalue weighted by atomic mass is 10.2. The number of ether oxygens (including phenoxy) is 2. The highest BCUT2D eigenvalue weighted by Gasteiger charge is 2.34. The van der Waals surface area contributed by atoms with Gasteiger partial charge in [-0.15, -0.1) is 11.3 Å². The van der Waals surface area contributed by atoms with Crippen LogP contribution in [0.25, 0.3) is 0 Å². The van der Waals surface area contributed by atoms with Gasteiger partial charge in [-0.1, -0.05) is 0 Å². The molecule has 2 aromatic rings. The van der Waals surface area contributed by atoms with Crippen LogP contribution in [0.4, 0.5) is 18.3 Å². The molecule has 1 aromatic carbocycles. The molecule has 8 heteroatoms. The van der Waals surface area contributed by atoms with Crippen LogP contribution >= 0.6 is 11.3 Å². The van der Waals surface area contributed by atoms with Gasteiger partial charge in [0.05, 0.1) is 14.2 Å². The molecule has 0 fully saturated rings. The van der Waals surface area contributed by atoms with Crippen LogP contribution in [0.1, 0.15) is 11.3 Å². The van der Waals surface area contributed by atoms with E-state index in [1.54, 1.807) is 44.4 Å². The molecule has 0 radical (unpaired) electrons. The van der Waals surface area contributed by atoms with Crippen molar-refractivity contribution in [2.75, 3.05) is 26.2 Å². The molecule has 1 heterocycles. The van der Waals surface area contributed by atoms with Gasteiger partial charge >= 0.3 is 6.18 Å². The van der Waals surface area contributed by atoms with Crippen molar-refractivity contribution in [2.24, 2.45) is 0 Å². The Hall–Kier alpha value is -1.96. The number of methoxy groups -OCH3 is 2. The number of hydrogen-bond donors (Lipinski definition) is 0. The molecule has 22 heavy (non-hydrogen) atoms. The minimum Gasteiger partial charge on any atom is -0.497 e. The third kappa shape index (κ3) is 3.82. The minimum absolute atomic E-state index is 0.300. The molecule has 1 aromatic heterocycles. The molecule has 0 N–H and O–H groups in total. The van der Waals surface area contributed by atoms with Crippen LogP contribution < -0.4 is 14.4 Å². The molecule has 0 spiro atoms. The average molecular weight is 332 g/mol. The number of hydrogen-bond acceptors (Lipinski definition) is 5. The van der Waals surface area contributed by atoms with Crippen molar-refractivity contribution >= 4 is 16.5 Å². The third-order valence-corrected chi connectivity index (χ3v) is 3.89. The first-order valence-corrected chi connectivity index (χ1v) is 7.17. The Morgan fingerprint density at radius 1 is 1.14 bits per heavy atom. The highest BCUT2D eigenvalue weighted by Crippen LogP contribution is 2.33. The van der Waals surface area contributed by atoms with E-state index in [4.69, 9.17) is 9.47 Å². The van der Waals surface area contributed by atoms with Crippen molar-refractivity contribution in [1.82, 2.24) is 4.98 Å². The summed E-state index contributed by atoms with van der Waals surface area (Å²) in [4.78, 5) is 5.27. The number of alkyl halides is 3. The maximum atomic E-state index is 12.6. The molecule has 0 saturated heterocycles. The van der Waals surface area contributed by atoms with E-state index in [-0.39, 0.29) is 0 Å². The van der Waals surface area contributed by atoms with Crippen LogP contribution in [-0.4, -0.2) is 26.3 Å². The third-order valence-electron chi connectivity index (χ3n) is 2.94. The fourth-order valence-electron chi connectivity index (χ4n) is 1.87. The summed E-state index contributed by atoms with van der Waals surface area (Å²) in [5.74, 6) is 1.25. The smallest absolute Gasteiger partial charge is 0.434 e. The topological polar surface area (TPSA) is 34.6 Å². The zero-order valence-electron chi connectivity index (χ0n) is 12.3. The number of aromatic nitrogens is 1. The van der Waals surface area contributed by atoms with E-state index < -0.39 is 11.9 Å². The maximum Gasteiger partial charge on any atom is 0.434 e. The number of benzene rings is 1. The highest BCUT2D eigenvalue weighted by atomic mass is 32.1. The van der Waals surface area contributed by atoms with Gasteiger partial charge in [0.2, 0.25) is 0 Å². The number of rotatable bonds is 5. The number of halogens is 3. The Morgan fingerprint density at radius 2 is 1.73 bits per heavy atom. The maximum absolute atomic E-state index is 12.6. The second kappa shape index (κ2) is 6.43. The van der Waals surface area contributed by atoms with E-state index in [0.717, 1.165) is 22.3 Å². The van der Waals surface area contributed by atoms with E-state index in [2.05, 4.69) is 4.98 Å². The van der Waals surface area contributed by atoms with Gasteiger partial charge in [-0.2, -0.15) is 13.2 Å². The highest BCUT2D eigenvalue weighted by molar-refractivity contribution is 7.13. The van der Waals surface area contributed by atoms with Crippen molar-refractivity contribution in [1.29, 1.82) is 0 Å². The van der Waals surface area contributed by atoms with Crippen LogP contribution in [0.5, 0.6) is 11.5 Å². The van der Waals surface area contributed by atoms with Crippen molar-refractivity contribution in [3.8, 4) is 11.5 Å². The van der Waals surface area contributed by atoms with Crippen molar-refractivity contribution < 1.29 is 22.6 Å². The predicted molar refractivity (Wildman–Crippen MR) is 78.8 cm³/mol. The number of thiazole rings is 1. The molecule has 4 nitrogen and oxygen atoms in total. The second-order valence-corrected chi connectivity index (χ2v) is 5.43. The van der Waals surface area contributed by atoms with Crippen LogP contribution in [0.2, 0.25) is 0 Å². The average Bonchev–Trinajstić information content (AvgIpc) is 2.96. The Balaban J connectivity index is 2.18. The van der Waals surface area contributed by atoms with Gasteiger partial charge in [0, 0.05) is 25.0 Å². The van der Waals surface area contributed by atoms with Gasteiger partial charge in [-0.05, 0) is 17.7 Å². The first kappa shape index (κ1) is 16.4. The number of nitrogens with zero attached hydrogens (tertiary/aromatic N) is 2. The predicted octanol–water partition coefficient (Wildman–Crippen LogP) is 3.82.